The van der Waals surface area contributed by atoms with Gasteiger partial charge >= 0.3 is 0 Å². The van der Waals surface area contributed by atoms with Gasteiger partial charge in [0.1, 0.15) is 17.1 Å². The van der Waals surface area contributed by atoms with Crippen LogP contribution in [0.3, 0.4) is 0 Å². The van der Waals surface area contributed by atoms with Crippen LogP contribution in [0.1, 0.15) is 55.8 Å². The normalized spacial score (nSPS) is 28.9. The van der Waals surface area contributed by atoms with Gasteiger partial charge in [0, 0.05) is 6.07 Å². The zero-order valence-electron chi connectivity index (χ0n) is 12.3. The third kappa shape index (κ3) is 2.30. The summed E-state index contributed by atoms with van der Waals surface area (Å²) < 4.78 is 11.5. The molecule has 1 aliphatic heterocycles. The Hall–Kier alpha value is -1.51. The summed E-state index contributed by atoms with van der Waals surface area (Å²) in [5.41, 5.74) is 0.441. The number of carbonyl (C=O) groups excluding carboxylic acids is 1. The predicted molar refractivity (Wildman–Crippen MR) is 77.5 cm³/mol. The number of ketones is 1. The van der Waals surface area contributed by atoms with Gasteiger partial charge in [0.25, 0.3) is 0 Å². The first-order valence-corrected chi connectivity index (χ1v) is 7.56. The highest BCUT2D eigenvalue weighted by Crippen LogP contribution is 2.44. The molecule has 0 atom stereocenters. The van der Waals surface area contributed by atoms with Crippen LogP contribution in [0.5, 0.6) is 11.5 Å². The molecule has 0 radical (unpaired) electrons. The lowest BCUT2D eigenvalue weighted by Crippen LogP contribution is -2.44. The summed E-state index contributed by atoms with van der Waals surface area (Å²) in [4.78, 5) is 12.4. The fraction of sp³-hybridized carbons (Fsp3) is 0.588. The van der Waals surface area contributed by atoms with E-state index < -0.39 is 0 Å². The Morgan fingerprint density at radius 1 is 1.35 bits per heavy atom. The van der Waals surface area contributed by atoms with E-state index in [1.165, 1.54) is 19.3 Å². The highest BCUT2D eigenvalue weighted by molar-refractivity contribution is 6.00. The lowest BCUT2D eigenvalue weighted by atomic mass is 9.74. The van der Waals surface area contributed by atoms with Crippen molar-refractivity contribution in [3.05, 3.63) is 23.8 Å². The van der Waals surface area contributed by atoms with Crippen molar-refractivity contribution in [3.8, 4) is 11.5 Å². The van der Waals surface area contributed by atoms with Crippen molar-refractivity contribution in [2.75, 3.05) is 7.11 Å². The zero-order chi connectivity index (χ0) is 14.2. The Morgan fingerprint density at radius 2 is 2.10 bits per heavy atom. The van der Waals surface area contributed by atoms with Crippen LogP contribution in [0.4, 0.5) is 0 Å². The van der Waals surface area contributed by atoms with Crippen molar-refractivity contribution in [1.29, 1.82) is 0 Å². The molecule has 0 amide bonds. The van der Waals surface area contributed by atoms with Gasteiger partial charge in [0.05, 0.1) is 19.1 Å². The smallest absolute Gasteiger partial charge is 0.170 e. The number of carbonyl (C=O) groups is 1. The van der Waals surface area contributed by atoms with Crippen LogP contribution in [0.2, 0.25) is 0 Å². The maximum absolute atomic E-state index is 12.4. The maximum Gasteiger partial charge on any atom is 0.170 e. The first kappa shape index (κ1) is 13.5. The molecule has 0 aromatic heterocycles. The second kappa shape index (κ2) is 5.12. The van der Waals surface area contributed by atoms with Crippen LogP contribution < -0.4 is 9.47 Å². The molecular formula is C17H22O3. The molecule has 1 aliphatic carbocycles. The summed E-state index contributed by atoms with van der Waals surface area (Å²) in [5, 5.41) is 0. The second-order valence-electron chi connectivity index (χ2n) is 6.10. The van der Waals surface area contributed by atoms with Crippen molar-refractivity contribution >= 4 is 5.78 Å². The number of ether oxygens (including phenoxy) is 2. The summed E-state index contributed by atoms with van der Waals surface area (Å²) in [7, 11) is 1.63. The summed E-state index contributed by atoms with van der Waals surface area (Å²) >= 11 is 0. The molecule has 3 rings (SSSR count). The highest BCUT2D eigenvalue weighted by Gasteiger charge is 2.42. The third-order valence-electron chi connectivity index (χ3n) is 4.89. The van der Waals surface area contributed by atoms with Gasteiger partial charge in [-0.25, -0.2) is 0 Å². The molecule has 1 aromatic rings. The van der Waals surface area contributed by atoms with Crippen molar-refractivity contribution in [3.63, 3.8) is 0 Å². The van der Waals surface area contributed by atoms with E-state index in [-0.39, 0.29) is 11.4 Å². The Morgan fingerprint density at radius 3 is 2.75 bits per heavy atom. The van der Waals surface area contributed by atoms with E-state index in [0.29, 0.717) is 17.7 Å². The van der Waals surface area contributed by atoms with Crippen molar-refractivity contribution < 1.29 is 14.3 Å². The fourth-order valence-electron chi connectivity index (χ4n) is 3.49. The summed E-state index contributed by atoms with van der Waals surface area (Å²) in [6.07, 6.45) is 6.09. The number of hydrogen-bond acceptors (Lipinski definition) is 3. The summed E-state index contributed by atoms with van der Waals surface area (Å²) in [5.74, 6) is 2.46. The molecule has 0 N–H and O–H groups in total. The standard InChI is InChI=1S/C17H22O3/c1-3-12-6-8-17(9-7-12)11-15(18)14-5-4-13(19-2)10-16(14)20-17/h4-5,10,12H,3,6-9,11H2,1-2H3. The van der Waals surface area contributed by atoms with E-state index in [0.717, 1.165) is 24.5 Å². The molecule has 3 heteroatoms. The van der Waals surface area contributed by atoms with Crippen LogP contribution >= 0.6 is 0 Å². The van der Waals surface area contributed by atoms with Gasteiger partial charge in [0.2, 0.25) is 0 Å². The minimum absolute atomic E-state index is 0.212. The van der Waals surface area contributed by atoms with Crippen LogP contribution in [0.25, 0.3) is 0 Å². The van der Waals surface area contributed by atoms with Crippen LogP contribution in [-0.4, -0.2) is 18.5 Å². The SMILES string of the molecule is CCC1CCC2(CC1)CC(=O)c1ccc(OC)cc1O2. The number of fused-ring (bicyclic) bond motifs is 1. The van der Waals surface area contributed by atoms with E-state index in [1.54, 1.807) is 7.11 Å². The molecule has 3 nitrogen and oxygen atoms in total. The molecule has 20 heavy (non-hydrogen) atoms. The van der Waals surface area contributed by atoms with Gasteiger partial charge in [-0.2, -0.15) is 0 Å². The monoisotopic (exact) mass is 274 g/mol. The second-order valence-corrected chi connectivity index (χ2v) is 6.10. The lowest BCUT2D eigenvalue weighted by Gasteiger charge is -2.42. The third-order valence-corrected chi connectivity index (χ3v) is 4.89. The average Bonchev–Trinajstić information content (AvgIpc) is 2.47. The van der Waals surface area contributed by atoms with Gasteiger partial charge in [0.15, 0.2) is 5.78 Å². The molecule has 1 aromatic carbocycles. The highest BCUT2D eigenvalue weighted by atomic mass is 16.5. The Balaban J connectivity index is 1.86. The first-order valence-electron chi connectivity index (χ1n) is 7.56. The number of benzene rings is 1. The van der Waals surface area contributed by atoms with Gasteiger partial charge in [-0.1, -0.05) is 13.3 Å². The summed E-state index contributed by atoms with van der Waals surface area (Å²) in [6, 6.07) is 5.49. The number of rotatable bonds is 2. The molecule has 2 aliphatic rings. The Bertz CT molecular complexity index is 513. The van der Waals surface area contributed by atoms with Crippen molar-refractivity contribution in [2.45, 2.75) is 51.0 Å². The minimum Gasteiger partial charge on any atom is -0.497 e. The number of Topliss-reactive ketones (excluding diaryl/α,β-unsaturated/α-hetero) is 1. The van der Waals surface area contributed by atoms with E-state index in [9.17, 15) is 4.79 Å². The molecule has 108 valence electrons. The first-order chi connectivity index (χ1) is 9.65. The van der Waals surface area contributed by atoms with Crippen molar-refractivity contribution in [2.24, 2.45) is 5.92 Å². The van der Waals surface area contributed by atoms with Gasteiger partial charge < -0.3 is 9.47 Å². The van der Waals surface area contributed by atoms with E-state index in [2.05, 4.69) is 6.92 Å². The molecule has 0 unspecified atom stereocenters. The van der Waals surface area contributed by atoms with E-state index in [1.807, 2.05) is 18.2 Å². The Kier molecular flexibility index (Phi) is 3.45. The minimum atomic E-state index is -0.262. The zero-order valence-corrected chi connectivity index (χ0v) is 12.3. The molecule has 1 fully saturated rings. The van der Waals surface area contributed by atoms with Crippen LogP contribution in [0.15, 0.2) is 18.2 Å². The van der Waals surface area contributed by atoms with E-state index in [4.69, 9.17) is 9.47 Å². The van der Waals surface area contributed by atoms with Gasteiger partial charge in [-0.3, -0.25) is 4.79 Å². The number of methoxy groups -OCH3 is 1. The lowest BCUT2D eigenvalue weighted by molar-refractivity contribution is 0.00162. The molecule has 1 heterocycles. The molecule has 1 saturated carbocycles. The quantitative estimate of drug-likeness (QED) is 0.817. The van der Waals surface area contributed by atoms with Gasteiger partial charge in [-0.05, 0) is 43.7 Å². The number of hydrogen-bond donors (Lipinski definition) is 0. The Labute approximate surface area is 120 Å². The molecular weight excluding hydrogens is 252 g/mol. The molecule has 0 bridgehead atoms. The molecule has 0 saturated heterocycles. The summed E-state index contributed by atoms with van der Waals surface area (Å²) in [6.45, 7) is 2.25. The average molecular weight is 274 g/mol. The largest absolute Gasteiger partial charge is 0.497 e. The topological polar surface area (TPSA) is 35.5 Å². The van der Waals surface area contributed by atoms with Crippen LogP contribution in [0, 0.1) is 5.92 Å². The van der Waals surface area contributed by atoms with Crippen LogP contribution in [-0.2, 0) is 0 Å². The molecule has 1 spiro atoms. The van der Waals surface area contributed by atoms with Crippen molar-refractivity contribution in [1.82, 2.24) is 0 Å². The van der Waals surface area contributed by atoms with E-state index >= 15 is 0 Å². The maximum atomic E-state index is 12.4. The van der Waals surface area contributed by atoms with Gasteiger partial charge in [-0.15, -0.1) is 0 Å². The predicted octanol–water partition coefficient (Wildman–Crippen LogP) is 4.00. The fourth-order valence-corrected chi connectivity index (χ4v) is 3.49.